The number of hydrogen-bond donors (Lipinski definition) is 2. The quantitative estimate of drug-likeness (QED) is 0.753. The van der Waals surface area contributed by atoms with E-state index in [0.29, 0.717) is 29.5 Å². The molecule has 0 fully saturated rings. The summed E-state index contributed by atoms with van der Waals surface area (Å²) in [6.07, 6.45) is 3.02. The molecular formula is C15H22ClNO2. The van der Waals surface area contributed by atoms with Crippen LogP contribution in [-0.4, -0.2) is 23.4 Å². The van der Waals surface area contributed by atoms with Gasteiger partial charge in [0.15, 0.2) is 0 Å². The van der Waals surface area contributed by atoms with Gasteiger partial charge < -0.3 is 10.4 Å². The van der Waals surface area contributed by atoms with E-state index in [-0.39, 0.29) is 11.7 Å². The molecule has 1 rings (SSSR count). The first-order valence-corrected chi connectivity index (χ1v) is 7.26. The minimum absolute atomic E-state index is 0.0596. The summed E-state index contributed by atoms with van der Waals surface area (Å²) in [6.45, 7) is 4.50. The standard InChI is InChI=1S/C15H22ClNO2/c1-3-5-12(8-9-16)10-17-15(19)13-7-4-6-11(2)14(13)18/h4,6-7,12,18H,3,5,8-10H2,1-2H3,(H,17,19). The highest BCUT2D eigenvalue weighted by Crippen LogP contribution is 2.21. The van der Waals surface area contributed by atoms with Gasteiger partial charge >= 0.3 is 0 Å². The van der Waals surface area contributed by atoms with Crippen molar-refractivity contribution in [1.29, 1.82) is 0 Å². The van der Waals surface area contributed by atoms with E-state index in [4.69, 9.17) is 11.6 Å². The van der Waals surface area contributed by atoms with Crippen molar-refractivity contribution in [1.82, 2.24) is 5.32 Å². The lowest BCUT2D eigenvalue weighted by Gasteiger charge is -2.16. The third-order valence-corrected chi connectivity index (χ3v) is 3.47. The molecule has 0 radical (unpaired) electrons. The lowest BCUT2D eigenvalue weighted by atomic mass is 10.0. The van der Waals surface area contributed by atoms with Crippen molar-refractivity contribution in [2.24, 2.45) is 5.92 Å². The second-order valence-electron chi connectivity index (χ2n) is 4.81. The fraction of sp³-hybridized carbons (Fsp3) is 0.533. The van der Waals surface area contributed by atoms with E-state index in [0.717, 1.165) is 19.3 Å². The third-order valence-electron chi connectivity index (χ3n) is 3.25. The predicted octanol–water partition coefficient (Wildman–Crippen LogP) is 3.48. The molecule has 0 bridgehead atoms. The molecule has 0 aliphatic rings. The molecule has 19 heavy (non-hydrogen) atoms. The van der Waals surface area contributed by atoms with E-state index in [1.54, 1.807) is 25.1 Å². The van der Waals surface area contributed by atoms with E-state index in [2.05, 4.69) is 12.2 Å². The molecule has 0 aliphatic heterocycles. The number of halogens is 1. The van der Waals surface area contributed by atoms with Crippen molar-refractivity contribution in [2.75, 3.05) is 12.4 Å². The first kappa shape index (κ1) is 15.8. The summed E-state index contributed by atoms with van der Waals surface area (Å²) in [4.78, 5) is 12.0. The van der Waals surface area contributed by atoms with Crippen LogP contribution in [0.3, 0.4) is 0 Å². The maximum absolute atomic E-state index is 12.0. The van der Waals surface area contributed by atoms with Crippen molar-refractivity contribution in [3.05, 3.63) is 29.3 Å². The lowest BCUT2D eigenvalue weighted by Crippen LogP contribution is -2.29. The minimum Gasteiger partial charge on any atom is -0.507 e. The molecule has 0 aromatic heterocycles. The molecule has 0 saturated carbocycles. The van der Waals surface area contributed by atoms with Gasteiger partial charge in [0.1, 0.15) is 5.75 Å². The first-order valence-electron chi connectivity index (χ1n) is 6.72. The van der Waals surface area contributed by atoms with Crippen LogP contribution >= 0.6 is 11.6 Å². The van der Waals surface area contributed by atoms with Gasteiger partial charge in [0.25, 0.3) is 5.91 Å². The molecule has 2 N–H and O–H groups in total. The largest absolute Gasteiger partial charge is 0.507 e. The van der Waals surface area contributed by atoms with Crippen molar-refractivity contribution in [3.8, 4) is 5.75 Å². The number of aromatic hydroxyl groups is 1. The summed E-state index contributed by atoms with van der Waals surface area (Å²) < 4.78 is 0. The molecule has 0 aliphatic carbocycles. The highest BCUT2D eigenvalue weighted by molar-refractivity contribution is 6.17. The van der Waals surface area contributed by atoms with Gasteiger partial charge in [0, 0.05) is 12.4 Å². The molecule has 1 atom stereocenters. The van der Waals surface area contributed by atoms with Gasteiger partial charge in [-0.25, -0.2) is 0 Å². The Labute approximate surface area is 120 Å². The Kier molecular flexibility index (Phi) is 6.71. The number of benzene rings is 1. The number of phenolic OH excluding ortho intramolecular Hbond substituents is 1. The predicted molar refractivity (Wildman–Crippen MR) is 78.9 cm³/mol. The zero-order chi connectivity index (χ0) is 14.3. The molecule has 1 aromatic carbocycles. The zero-order valence-corrected chi connectivity index (χ0v) is 12.3. The van der Waals surface area contributed by atoms with Gasteiger partial charge in [-0.3, -0.25) is 4.79 Å². The zero-order valence-electron chi connectivity index (χ0n) is 11.6. The number of rotatable bonds is 7. The number of para-hydroxylation sites is 1. The number of carbonyl (C=O) groups excluding carboxylic acids is 1. The molecule has 0 heterocycles. The van der Waals surface area contributed by atoms with Crippen LogP contribution in [0.25, 0.3) is 0 Å². The monoisotopic (exact) mass is 283 g/mol. The maximum Gasteiger partial charge on any atom is 0.255 e. The van der Waals surface area contributed by atoms with E-state index in [9.17, 15) is 9.90 Å². The number of carbonyl (C=O) groups is 1. The number of aryl methyl sites for hydroxylation is 1. The summed E-state index contributed by atoms with van der Waals surface area (Å²) in [5.41, 5.74) is 1.04. The molecular weight excluding hydrogens is 262 g/mol. The van der Waals surface area contributed by atoms with Crippen LogP contribution < -0.4 is 5.32 Å². The van der Waals surface area contributed by atoms with Crippen LogP contribution in [0.2, 0.25) is 0 Å². The fourth-order valence-corrected chi connectivity index (χ4v) is 2.39. The fourth-order valence-electron chi connectivity index (χ4n) is 2.09. The van der Waals surface area contributed by atoms with Gasteiger partial charge in [-0.15, -0.1) is 11.6 Å². The molecule has 4 heteroatoms. The molecule has 3 nitrogen and oxygen atoms in total. The number of hydrogen-bond acceptors (Lipinski definition) is 2. The van der Waals surface area contributed by atoms with E-state index in [1.165, 1.54) is 0 Å². The van der Waals surface area contributed by atoms with Crippen LogP contribution in [0.4, 0.5) is 0 Å². The Balaban J connectivity index is 2.61. The number of phenols is 1. The SMILES string of the molecule is CCCC(CCCl)CNC(=O)c1cccc(C)c1O. The minimum atomic E-state index is -0.225. The molecule has 0 spiro atoms. The Bertz CT molecular complexity index is 415. The van der Waals surface area contributed by atoms with E-state index >= 15 is 0 Å². The van der Waals surface area contributed by atoms with Gasteiger partial charge in [-0.2, -0.15) is 0 Å². The summed E-state index contributed by atoms with van der Waals surface area (Å²) in [5, 5.41) is 12.7. The van der Waals surface area contributed by atoms with Crippen molar-refractivity contribution in [3.63, 3.8) is 0 Å². The van der Waals surface area contributed by atoms with Gasteiger partial charge in [0.2, 0.25) is 0 Å². The van der Waals surface area contributed by atoms with Crippen LogP contribution in [0, 0.1) is 12.8 Å². The Morgan fingerprint density at radius 1 is 1.42 bits per heavy atom. The van der Waals surface area contributed by atoms with Crippen molar-refractivity contribution in [2.45, 2.75) is 33.1 Å². The number of alkyl halides is 1. The molecule has 0 saturated heterocycles. The highest BCUT2D eigenvalue weighted by Gasteiger charge is 2.14. The summed E-state index contributed by atoms with van der Waals surface area (Å²) >= 11 is 5.76. The number of amides is 1. The van der Waals surface area contributed by atoms with Gasteiger partial charge in [0.05, 0.1) is 5.56 Å². The molecule has 1 amide bonds. The maximum atomic E-state index is 12.0. The normalized spacial score (nSPS) is 12.2. The smallest absolute Gasteiger partial charge is 0.255 e. The van der Waals surface area contributed by atoms with Gasteiger partial charge in [-0.05, 0) is 37.3 Å². The van der Waals surface area contributed by atoms with Crippen molar-refractivity contribution < 1.29 is 9.90 Å². The van der Waals surface area contributed by atoms with Crippen LogP contribution in [-0.2, 0) is 0 Å². The average molecular weight is 284 g/mol. The molecule has 1 unspecified atom stereocenters. The summed E-state index contributed by atoms with van der Waals surface area (Å²) in [5.74, 6) is 0.843. The lowest BCUT2D eigenvalue weighted by molar-refractivity contribution is 0.0943. The van der Waals surface area contributed by atoms with E-state index in [1.807, 2.05) is 0 Å². The van der Waals surface area contributed by atoms with Crippen LogP contribution in [0.15, 0.2) is 18.2 Å². The highest BCUT2D eigenvalue weighted by atomic mass is 35.5. The second-order valence-corrected chi connectivity index (χ2v) is 5.19. The van der Waals surface area contributed by atoms with Crippen molar-refractivity contribution >= 4 is 17.5 Å². The summed E-state index contributed by atoms with van der Waals surface area (Å²) in [6, 6.07) is 5.18. The topological polar surface area (TPSA) is 49.3 Å². The van der Waals surface area contributed by atoms with Crippen LogP contribution in [0.1, 0.15) is 42.1 Å². The average Bonchev–Trinajstić information content (AvgIpc) is 2.39. The van der Waals surface area contributed by atoms with Crippen LogP contribution in [0.5, 0.6) is 5.75 Å². The number of nitrogens with one attached hydrogen (secondary N) is 1. The molecule has 106 valence electrons. The summed E-state index contributed by atoms with van der Waals surface area (Å²) in [7, 11) is 0. The second kappa shape index (κ2) is 8.05. The van der Waals surface area contributed by atoms with E-state index < -0.39 is 0 Å². The Hall–Kier alpha value is -1.22. The Morgan fingerprint density at radius 3 is 2.79 bits per heavy atom. The van der Waals surface area contributed by atoms with Gasteiger partial charge in [-0.1, -0.05) is 25.5 Å². The first-order chi connectivity index (χ1) is 9.10. The Morgan fingerprint density at radius 2 is 2.16 bits per heavy atom. The molecule has 1 aromatic rings. The third kappa shape index (κ3) is 4.75.